The van der Waals surface area contributed by atoms with E-state index in [1.54, 1.807) is 38.1 Å². The van der Waals surface area contributed by atoms with Crippen molar-refractivity contribution in [2.45, 2.75) is 52.1 Å². The van der Waals surface area contributed by atoms with Crippen molar-refractivity contribution in [3.63, 3.8) is 0 Å². The summed E-state index contributed by atoms with van der Waals surface area (Å²) in [4.78, 5) is 39.2. The summed E-state index contributed by atoms with van der Waals surface area (Å²) in [6.07, 6.45) is 1.12. The number of fused-ring (bicyclic) bond motifs is 1. The first kappa shape index (κ1) is 31.8. The van der Waals surface area contributed by atoms with E-state index in [0.717, 1.165) is 35.8 Å². The zero-order valence-corrected chi connectivity index (χ0v) is 24.1. The molecule has 3 rings (SSSR count). The summed E-state index contributed by atoms with van der Waals surface area (Å²) in [5.41, 5.74) is 0.175. The molecule has 0 aliphatic rings. The third-order valence-corrected chi connectivity index (χ3v) is 6.29. The van der Waals surface area contributed by atoms with Crippen LogP contribution in [0.2, 0.25) is 0 Å². The highest BCUT2D eigenvalue weighted by Crippen LogP contribution is 2.17. The summed E-state index contributed by atoms with van der Waals surface area (Å²) in [5, 5.41) is 14.2. The van der Waals surface area contributed by atoms with Crippen LogP contribution in [-0.4, -0.2) is 48.9 Å². The second-order valence-corrected chi connectivity index (χ2v) is 10.6. The topological polar surface area (TPSA) is 99.3 Å². The van der Waals surface area contributed by atoms with Gasteiger partial charge in [0.15, 0.2) is 0 Å². The molecular formula is C31H41ClN4O3. The van der Waals surface area contributed by atoms with E-state index in [2.05, 4.69) is 35.1 Å². The average molecular weight is 553 g/mol. The maximum absolute atomic E-state index is 13.3. The Hall–Kier alpha value is -3.42. The zero-order valence-electron chi connectivity index (χ0n) is 23.3. The van der Waals surface area contributed by atoms with Gasteiger partial charge in [0.1, 0.15) is 11.6 Å². The Balaban J connectivity index is 0.00000533. The third-order valence-electron chi connectivity index (χ3n) is 6.29. The largest absolute Gasteiger partial charge is 0.354 e. The fourth-order valence-corrected chi connectivity index (χ4v) is 4.09. The maximum Gasteiger partial charge on any atom is 0.252 e. The molecule has 1 atom stereocenters. The van der Waals surface area contributed by atoms with E-state index in [4.69, 9.17) is 0 Å². The van der Waals surface area contributed by atoms with Crippen LogP contribution in [0.4, 0.5) is 0 Å². The number of rotatable bonds is 13. The molecule has 0 aliphatic heterocycles. The summed E-state index contributed by atoms with van der Waals surface area (Å²) >= 11 is 0. The lowest BCUT2D eigenvalue weighted by molar-refractivity contribution is -0.131. The third kappa shape index (κ3) is 10.0. The molecule has 0 bridgehead atoms. The summed E-state index contributed by atoms with van der Waals surface area (Å²) in [7, 11) is 0. The quantitative estimate of drug-likeness (QED) is 0.238. The molecule has 7 nitrogen and oxygen atoms in total. The van der Waals surface area contributed by atoms with Gasteiger partial charge in [0.05, 0.1) is 0 Å². The normalized spacial score (nSPS) is 11.9. The molecule has 0 aliphatic carbocycles. The van der Waals surface area contributed by atoms with Crippen molar-refractivity contribution in [2.75, 3.05) is 19.6 Å². The molecule has 8 heteroatoms. The predicted molar refractivity (Wildman–Crippen MR) is 160 cm³/mol. The molecule has 210 valence electrons. The van der Waals surface area contributed by atoms with Gasteiger partial charge in [-0.1, -0.05) is 74.5 Å². The molecule has 4 N–H and O–H groups in total. The maximum atomic E-state index is 13.3. The second-order valence-electron chi connectivity index (χ2n) is 10.6. The molecule has 0 unspecified atom stereocenters. The summed E-state index contributed by atoms with van der Waals surface area (Å²) in [6, 6.07) is 22.0. The Kier molecular flexibility index (Phi) is 12.4. The lowest BCUT2D eigenvalue weighted by Crippen LogP contribution is -2.59. The van der Waals surface area contributed by atoms with Crippen LogP contribution >= 0.6 is 12.4 Å². The van der Waals surface area contributed by atoms with Crippen LogP contribution in [0.5, 0.6) is 0 Å². The monoisotopic (exact) mass is 552 g/mol. The lowest BCUT2D eigenvalue weighted by Gasteiger charge is -2.28. The first-order valence-electron chi connectivity index (χ1n) is 13.3. The average Bonchev–Trinajstić information content (AvgIpc) is 2.90. The molecule has 3 aromatic rings. The number of carbonyl (C=O) groups excluding carboxylic acids is 3. The van der Waals surface area contributed by atoms with Gasteiger partial charge in [0.25, 0.3) is 5.91 Å². The number of amides is 3. The van der Waals surface area contributed by atoms with E-state index in [1.165, 1.54) is 0 Å². The van der Waals surface area contributed by atoms with Crippen molar-refractivity contribution in [1.29, 1.82) is 0 Å². The van der Waals surface area contributed by atoms with Gasteiger partial charge in [-0.05, 0) is 67.7 Å². The van der Waals surface area contributed by atoms with Gasteiger partial charge in [-0.15, -0.1) is 12.4 Å². The number of nitrogens with one attached hydrogen (secondary N) is 4. The number of carbonyl (C=O) groups is 3. The summed E-state index contributed by atoms with van der Waals surface area (Å²) < 4.78 is 0. The molecule has 3 aromatic carbocycles. The van der Waals surface area contributed by atoms with E-state index in [9.17, 15) is 14.4 Å². The van der Waals surface area contributed by atoms with E-state index in [0.29, 0.717) is 24.4 Å². The Morgan fingerprint density at radius 1 is 0.846 bits per heavy atom. The minimum Gasteiger partial charge on any atom is -0.354 e. The molecular weight excluding hydrogens is 512 g/mol. The molecule has 0 heterocycles. The SMILES string of the molecule is CC(C)CNCCCNC(=O)[C@@H](Cc1ccc2ccccc2c1)NC(=O)C(C)(C)NC(=O)c1ccccc1.Cl. The smallest absolute Gasteiger partial charge is 0.252 e. The first-order valence-corrected chi connectivity index (χ1v) is 13.3. The molecule has 0 saturated heterocycles. The van der Waals surface area contributed by atoms with Gasteiger partial charge in [-0.3, -0.25) is 14.4 Å². The fraction of sp³-hybridized carbons (Fsp3) is 0.387. The van der Waals surface area contributed by atoms with Gasteiger partial charge in [0, 0.05) is 18.5 Å². The van der Waals surface area contributed by atoms with Crippen LogP contribution in [0, 0.1) is 5.92 Å². The summed E-state index contributed by atoms with van der Waals surface area (Å²) in [6.45, 7) is 9.81. The number of halogens is 1. The molecule has 0 spiro atoms. The Morgan fingerprint density at radius 3 is 2.21 bits per heavy atom. The van der Waals surface area contributed by atoms with Crippen LogP contribution in [0.15, 0.2) is 72.8 Å². The van der Waals surface area contributed by atoms with Gasteiger partial charge >= 0.3 is 0 Å². The number of hydrogen-bond acceptors (Lipinski definition) is 4. The standard InChI is InChI=1S/C31H40N4O3.ClH/c1-22(2)21-32-17-10-18-33-29(37)27(20-23-15-16-24-11-8-9-14-26(24)19-23)34-30(38)31(3,4)35-28(36)25-12-6-5-7-13-25;/h5-9,11-16,19,22,27,32H,10,17-18,20-21H2,1-4H3,(H,33,37)(H,34,38)(H,35,36);1H/t27-;/m1./s1. The molecule has 0 saturated carbocycles. The first-order chi connectivity index (χ1) is 18.2. The molecule has 0 aromatic heterocycles. The number of benzene rings is 3. The molecule has 0 fully saturated rings. The zero-order chi connectivity index (χ0) is 27.5. The van der Waals surface area contributed by atoms with Crippen molar-refractivity contribution in [2.24, 2.45) is 5.92 Å². The van der Waals surface area contributed by atoms with Crippen LogP contribution in [0.25, 0.3) is 10.8 Å². The van der Waals surface area contributed by atoms with Crippen LogP contribution in [-0.2, 0) is 16.0 Å². The van der Waals surface area contributed by atoms with Gasteiger partial charge in [-0.2, -0.15) is 0 Å². The molecule has 39 heavy (non-hydrogen) atoms. The van der Waals surface area contributed by atoms with Gasteiger partial charge in [0.2, 0.25) is 11.8 Å². The minimum absolute atomic E-state index is 0. The molecule has 0 radical (unpaired) electrons. The van der Waals surface area contributed by atoms with Gasteiger partial charge < -0.3 is 21.3 Å². The lowest BCUT2D eigenvalue weighted by atomic mass is 9.98. The highest BCUT2D eigenvalue weighted by Gasteiger charge is 2.33. The van der Waals surface area contributed by atoms with Crippen molar-refractivity contribution in [3.8, 4) is 0 Å². The Bertz CT molecular complexity index is 1230. The molecule has 3 amide bonds. The van der Waals surface area contributed by atoms with Crippen molar-refractivity contribution in [1.82, 2.24) is 21.3 Å². The fourth-order valence-electron chi connectivity index (χ4n) is 4.09. The van der Waals surface area contributed by atoms with Crippen molar-refractivity contribution < 1.29 is 14.4 Å². The predicted octanol–water partition coefficient (Wildman–Crippen LogP) is 4.25. The Morgan fingerprint density at radius 2 is 1.51 bits per heavy atom. The van der Waals surface area contributed by atoms with E-state index >= 15 is 0 Å². The van der Waals surface area contributed by atoms with Crippen LogP contribution in [0.3, 0.4) is 0 Å². The van der Waals surface area contributed by atoms with Crippen LogP contribution < -0.4 is 21.3 Å². The minimum atomic E-state index is -1.23. The Labute approximate surface area is 237 Å². The van der Waals surface area contributed by atoms with Crippen molar-refractivity contribution >= 4 is 40.9 Å². The summed E-state index contributed by atoms with van der Waals surface area (Å²) in [5.74, 6) is -0.464. The second kappa shape index (κ2) is 15.2. The van der Waals surface area contributed by atoms with Crippen molar-refractivity contribution in [3.05, 3.63) is 83.9 Å². The van der Waals surface area contributed by atoms with E-state index in [-0.39, 0.29) is 24.2 Å². The van der Waals surface area contributed by atoms with Gasteiger partial charge in [-0.25, -0.2) is 0 Å². The van der Waals surface area contributed by atoms with E-state index < -0.39 is 17.5 Å². The number of hydrogen-bond donors (Lipinski definition) is 4. The highest BCUT2D eigenvalue weighted by atomic mass is 35.5. The van der Waals surface area contributed by atoms with Crippen LogP contribution in [0.1, 0.15) is 50.0 Å². The van der Waals surface area contributed by atoms with E-state index in [1.807, 2.05) is 48.5 Å². The highest BCUT2D eigenvalue weighted by molar-refractivity contribution is 6.00.